The van der Waals surface area contributed by atoms with Crippen LogP contribution in [0.5, 0.6) is 0 Å². The third kappa shape index (κ3) is 5.27. The van der Waals surface area contributed by atoms with Gasteiger partial charge < -0.3 is 14.2 Å². The summed E-state index contributed by atoms with van der Waals surface area (Å²) in [7, 11) is 0. The van der Waals surface area contributed by atoms with Crippen molar-refractivity contribution in [3.05, 3.63) is 70.7 Å². The topological polar surface area (TPSA) is 94.6 Å². The maximum Gasteiger partial charge on any atom is 0.199 e. The first-order valence-corrected chi connectivity index (χ1v) is 11.7. The Labute approximate surface area is 196 Å². The van der Waals surface area contributed by atoms with Gasteiger partial charge in [0.2, 0.25) is 0 Å². The number of ether oxygens (including phenoxy) is 1. The molecule has 0 amide bonds. The minimum atomic E-state index is -2.49. The maximum absolute atomic E-state index is 15.1. The van der Waals surface area contributed by atoms with Crippen LogP contribution in [0.25, 0.3) is 10.9 Å². The van der Waals surface area contributed by atoms with E-state index in [9.17, 15) is 22.3 Å². The molecule has 1 unspecified atom stereocenters. The van der Waals surface area contributed by atoms with Gasteiger partial charge >= 0.3 is 0 Å². The van der Waals surface area contributed by atoms with Crippen LogP contribution in [-0.4, -0.2) is 52.4 Å². The van der Waals surface area contributed by atoms with Crippen LogP contribution in [-0.2, 0) is 22.4 Å². The van der Waals surface area contributed by atoms with E-state index in [0.717, 1.165) is 5.69 Å². The fourth-order valence-corrected chi connectivity index (χ4v) is 4.18. The van der Waals surface area contributed by atoms with E-state index in [0.29, 0.717) is 43.3 Å². The summed E-state index contributed by atoms with van der Waals surface area (Å²) in [5, 5.41) is 0.601. The number of hydrogen-bond acceptors (Lipinski definition) is 6. The quantitative estimate of drug-likeness (QED) is 0.225. The van der Waals surface area contributed by atoms with Crippen LogP contribution < -0.4 is 9.62 Å². The molecule has 0 saturated carbocycles. The molecule has 7 nitrogen and oxygen atoms in total. The number of aromatic nitrogens is 1. The van der Waals surface area contributed by atoms with Crippen LogP contribution in [0.4, 0.5) is 18.9 Å². The van der Waals surface area contributed by atoms with Crippen molar-refractivity contribution in [1.82, 2.24) is 9.71 Å². The van der Waals surface area contributed by atoms with E-state index >= 15 is 4.39 Å². The zero-order chi connectivity index (χ0) is 24.2. The zero-order valence-corrected chi connectivity index (χ0v) is 18.8. The molecule has 0 spiro atoms. The molecule has 2 aromatic carbocycles. The highest BCUT2D eigenvalue weighted by Crippen LogP contribution is 2.27. The van der Waals surface area contributed by atoms with Crippen molar-refractivity contribution < 1.29 is 31.5 Å². The highest BCUT2D eigenvalue weighted by Gasteiger charge is 2.25. The summed E-state index contributed by atoms with van der Waals surface area (Å²) in [5.41, 5.74) is 0.229. The average Bonchev–Trinajstić information content (AvgIpc) is 2.84. The molecule has 0 aliphatic carbocycles. The average molecular weight is 492 g/mol. The fraction of sp³-hybridized carbons (Fsp3) is 0.304. The number of halogens is 3. The molecule has 34 heavy (non-hydrogen) atoms. The number of carbonyl (C=O) groups is 1. The Hall–Kier alpha value is -2.86. The van der Waals surface area contributed by atoms with Crippen LogP contribution in [0, 0.1) is 17.5 Å². The number of anilines is 1. The molecule has 1 aliphatic heterocycles. The molecule has 1 aliphatic rings. The second-order valence-electron chi connectivity index (χ2n) is 7.78. The Morgan fingerprint density at radius 1 is 1.15 bits per heavy atom. The summed E-state index contributed by atoms with van der Waals surface area (Å²) in [6, 6.07) is 6.96. The molecule has 0 bridgehead atoms. The Balaban J connectivity index is 1.64. The van der Waals surface area contributed by atoms with Crippen molar-refractivity contribution in [2.24, 2.45) is 0 Å². The van der Waals surface area contributed by atoms with Crippen molar-refractivity contribution >= 4 is 33.6 Å². The van der Waals surface area contributed by atoms with Gasteiger partial charge in [-0.3, -0.25) is 14.0 Å². The van der Waals surface area contributed by atoms with Gasteiger partial charge in [0.15, 0.2) is 17.4 Å². The monoisotopic (exact) mass is 492 g/mol. The Bertz CT molecular complexity index is 1250. The lowest BCUT2D eigenvalue weighted by Gasteiger charge is -2.28. The molecule has 4 rings (SSSR count). The number of nitrogens with one attached hydrogen (secondary N) is 1. The molecule has 2 heterocycles. The standard InChI is InChI=1S/C23H22F3N3O4S/c24-18-12-14(2-1-5-28-34(31)32)21(25)20(22(18)26)23(30)15-3-4-19-16(10-15)11-17(13-27-19)29-6-8-33-9-7-29/h3-4,10-13,28H,1-2,5-9H2,(H,31,32)/p-1. The van der Waals surface area contributed by atoms with Crippen LogP contribution in [0.2, 0.25) is 0 Å². The molecule has 1 saturated heterocycles. The first-order valence-electron chi connectivity index (χ1n) is 10.6. The lowest BCUT2D eigenvalue weighted by atomic mass is 9.96. The number of fused-ring (bicyclic) bond motifs is 1. The molecule has 0 radical (unpaired) electrons. The SMILES string of the molecule is O=C(c1ccc2ncc(N3CCOCC3)cc2c1)c1c(F)c(F)cc(CCCNS(=O)[O-])c1F. The van der Waals surface area contributed by atoms with Gasteiger partial charge in [0.05, 0.1) is 36.2 Å². The second kappa shape index (κ2) is 10.6. The Kier molecular flexibility index (Phi) is 7.57. The first kappa shape index (κ1) is 24.3. The van der Waals surface area contributed by atoms with Gasteiger partial charge in [-0.15, -0.1) is 0 Å². The lowest BCUT2D eigenvalue weighted by molar-refractivity contribution is 0.102. The van der Waals surface area contributed by atoms with Crippen molar-refractivity contribution in [1.29, 1.82) is 0 Å². The van der Waals surface area contributed by atoms with Crippen LogP contribution in [0.1, 0.15) is 27.9 Å². The van der Waals surface area contributed by atoms with E-state index < -0.39 is 40.1 Å². The zero-order valence-electron chi connectivity index (χ0n) is 18.0. The van der Waals surface area contributed by atoms with Gasteiger partial charge in [-0.05, 0) is 48.7 Å². The molecule has 1 fully saturated rings. The molecular formula is C23H21F3N3O4S-. The number of morpholine rings is 1. The van der Waals surface area contributed by atoms with Crippen LogP contribution in [0.15, 0.2) is 36.5 Å². The molecule has 3 aromatic rings. The summed E-state index contributed by atoms with van der Waals surface area (Å²) in [4.78, 5) is 19.5. The molecule has 11 heteroatoms. The highest BCUT2D eigenvalue weighted by molar-refractivity contribution is 7.77. The van der Waals surface area contributed by atoms with Crippen molar-refractivity contribution in [2.45, 2.75) is 12.8 Å². The van der Waals surface area contributed by atoms with Crippen LogP contribution in [0.3, 0.4) is 0 Å². The van der Waals surface area contributed by atoms with Crippen molar-refractivity contribution in [3.8, 4) is 0 Å². The number of aryl methyl sites for hydroxylation is 1. The minimum Gasteiger partial charge on any atom is -0.760 e. The molecular weight excluding hydrogens is 471 g/mol. The van der Waals surface area contributed by atoms with E-state index in [1.54, 1.807) is 12.3 Å². The van der Waals surface area contributed by atoms with E-state index in [-0.39, 0.29) is 30.5 Å². The molecule has 180 valence electrons. The summed E-state index contributed by atoms with van der Waals surface area (Å²) in [5.74, 6) is -5.07. The van der Waals surface area contributed by atoms with Gasteiger partial charge in [0.25, 0.3) is 0 Å². The highest BCUT2D eigenvalue weighted by atomic mass is 32.2. The van der Waals surface area contributed by atoms with Crippen molar-refractivity contribution in [3.63, 3.8) is 0 Å². The number of carbonyl (C=O) groups excluding carboxylic acids is 1. The maximum atomic E-state index is 15.1. The Morgan fingerprint density at radius 3 is 2.65 bits per heavy atom. The van der Waals surface area contributed by atoms with E-state index in [1.165, 1.54) is 12.1 Å². The summed E-state index contributed by atoms with van der Waals surface area (Å²) in [6.07, 6.45) is 1.76. The number of pyridine rings is 1. The number of ketones is 1. The number of rotatable bonds is 8. The van der Waals surface area contributed by atoms with Gasteiger partial charge in [0, 0.05) is 41.9 Å². The molecule has 1 atom stereocenters. The van der Waals surface area contributed by atoms with Crippen LogP contribution >= 0.6 is 0 Å². The predicted molar refractivity (Wildman–Crippen MR) is 120 cm³/mol. The molecule has 1 aromatic heterocycles. The summed E-state index contributed by atoms with van der Waals surface area (Å²) >= 11 is -2.49. The third-order valence-corrected chi connectivity index (χ3v) is 6.05. The lowest BCUT2D eigenvalue weighted by Crippen LogP contribution is -2.36. The van der Waals surface area contributed by atoms with Gasteiger partial charge in [-0.2, -0.15) is 0 Å². The van der Waals surface area contributed by atoms with Gasteiger partial charge in [-0.25, -0.2) is 17.9 Å². The predicted octanol–water partition coefficient (Wildman–Crippen LogP) is 3.04. The summed E-state index contributed by atoms with van der Waals surface area (Å²) in [6.45, 7) is 2.54. The van der Waals surface area contributed by atoms with Crippen molar-refractivity contribution in [2.75, 3.05) is 37.7 Å². The molecule has 1 N–H and O–H groups in total. The van der Waals surface area contributed by atoms with E-state index in [4.69, 9.17) is 4.74 Å². The van der Waals surface area contributed by atoms with Gasteiger partial charge in [-0.1, -0.05) is 0 Å². The van der Waals surface area contributed by atoms with Gasteiger partial charge in [0.1, 0.15) is 5.82 Å². The first-order chi connectivity index (χ1) is 16.3. The summed E-state index contributed by atoms with van der Waals surface area (Å²) < 4.78 is 72.3. The number of nitrogens with zero attached hydrogens (tertiary/aromatic N) is 2. The second-order valence-corrected chi connectivity index (χ2v) is 8.54. The normalized spacial score (nSPS) is 15.0. The number of benzene rings is 2. The number of hydrogen-bond donors (Lipinski definition) is 1. The van der Waals surface area contributed by atoms with E-state index in [2.05, 4.69) is 14.6 Å². The Morgan fingerprint density at radius 2 is 1.91 bits per heavy atom. The largest absolute Gasteiger partial charge is 0.760 e. The van der Waals surface area contributed by atoms with E-state index in [1.807, 2.05) is 6.07 Å². The fourth-order valence-electron chi connectivity index (χ4n) is 3.87. The smallest absolute Gasteiger partial charge is 0.199 e. The minimum absolute atomic E-state index is 0.00815. The third-order valence-electron chi connectivity index (χ3n) is 5.61.